The lowest BCUT2D eigenvalue weighted by atomic mass is 9.38. The average Bonchev–Trinajstić information content (AvgIpc) is 3.01. The molecule has 4 rings (SSSR count). The van der Waals surface area contributed by atoms with E-state index < -0.39 is 29.1 Å². The number of aliphatic hydroxyl groups is 3. The maximum absolute atomic E-state index is 13.1. The van der Waals surface area contributed by atoms with Gasteiger partial charge in [-0.2, -0.15) is 0 Å². The smallest absolute Gasteiger partial charge is 0.127 e. The van der Waals surface area contributed by atoms with E-state index in [1.165, 1.54) is 6.29 Å². The minimum atomic E-state index is -0.670. The molecular formula is C30H48O4. The fourth-order valence-electron chi connectivity index (χ4n) is 9.55. The van der Waals surface area contributed by atoms with E-state index in [0.717, 1.165) is 49.7 Å². The van der Waals surface area contributed by atoms with Crippen LogP contribution in [-0.4, -0.2) is 39.9 Å². The first-order valence-corrected chi connectivity index (χ1v) is 13.6. The van der Waals surface area contributed by atoms with Crippen LogP contribution in [-0.2, 0) is 4.79 Å². The standard InChI is InChI=1S/C30H48O4/c1-18(2)14-20(32)15-19(3)21-10-11-29(7)26-24(33)16-23-22(8-9-25(34)27(23,4)5)30(26,17-31)13-12-28(21,29)6/h14,16-17,19-22,24-26,32-34H,8-13,15H2,1-7H3/t19-,20+,21-,22-,24+,25+,26+,28-,29+,30+/m1/s1. The number of carbonyl (C=O) groups is 1. The van der Waals surface area contributed by atoms with Crippen molar-refractivity contribution in [3.05, 3.63) is 23.3 Å². The highest BCUT2D eigenvalue weighted by molar-refractivity contribution is 5.65. The van der Waals surface area contributed by atoms with E-state index in [0.29, 0.717) is 18.3 Å². The van der Waals surface area contributed by atoms with Crippen molar-refractivity contribution in [3.8, 4) is 0 Å². The number of aliphatic hydroxyl groups excluding tert-OH is 3. The Kier molecular flexibility index (Phi) is 6.57. The molecule has 3 saturated carbocycles. The van der Waals surface area contributed by atoms with Crippen molar-refractivity contribution in [2.45, 2.75) is 112 Å². The number of fused-ring (bicyclic) bond motifs is 5. The Bertz CT molecular complexity index is 869. The molecule has 4 heteroatoms. The van der Waals surface area contributed by atoms with Crippen molar-refractivity contribution in [2.75, 3.05) is 0 Å². The second-order valence-electron chi connectivity index (χ2n) is 13.7. The summed E-state index contributed by atoms with van der Waals surface area (Å²) in [6, 6.07) is 0. The molecule has 0 aromatic heterocycles. The summed E-state index contributed by atoms with van der Waals surface area (Å²) in [4.78, 5) is 13.1. The number of allylic oxidation sites excluding steroid dienone is 1. The Balaban J connectivity index is 1.72. The molecule has 0 amide bonds. The second-order valence-corrected chi connectivity index (χ2v) is 13.7. The van der Waals surface area contributed by atoms with E-state index in [-0.39, 0.29) is 22.7 Å². The van der Waals surface area contributed by atoms with Crippen LogP contribution in [0.25, 0.3) is 0 Å². The molecule has 192 valence electrons. The fraction of sp³-hybridized carbons (Fsp3) is 0.833. The highest BCUT2D eigenvalue weighted by atomic mass is 16.3. The summed E-state index contributed by atoms with van der Waals surface area (Å²) in [5.41, 5.74) is 1.14. The van der Waals surface area contributed by atoms with Crippen molar-refractivity contribution >= 4 is 6.29 Å². The first kappa shape index (κ1) is 26.1. The van der Waals surface area contributed by atoms with E-state index in [1.807, 2.05) is 26.0 Å². The third-order valence-corrected chi connectivity index (χ3v) is 11.5. The summed E-state index contributed by atoms with van der Waals surface area (Å²) in [5, 5.41) is 33.0. The fourth-order valence-corrected chi connectivity index (χ4v) is 9.55. The monoisotopic (exact) mass is 472 g/mol. The van der Waals surface area contributed by atoms with Gasteiger partial charge in [-0.15, -0.1) is 0 Å². The number of hydrogen-bond acceptors (Lipinski definition) is 4. The SMILES string of the molecule is CC(C)=C[C@H](O)C[C@@H](C)[C@H]1CC[C@@]2(C)[C@@H]3[C@@H](O)C=C4[C@@H](CC[C@H](O)C4(C)C)[C@@]3(C=O)CC[C@]12C. The van der Waals surface area contributed by atoms with E-state index in [9.17, 15) is 20.1 Å². The third-order valence-electron chi connectivity index (χ3n) is 11.5. The van der Waals surface area contributed by atoms with Crippen molar-refractivity contribution in [2.24, 2.45) is 45.3 Å². The summed E-state index contributed by atoms with van der Waals surface area (Å²) >= 11 is 0. The van der Waals surface area contributed by atoms with Gasteiger partial charge in [0.15, 0.2) is 0 Å². The molecule has 10 atom stereocenters. The Labute approximate surface area is 206 Å². The van der Waals surface area contributed by atoms with Crippen LogP contribution >= 0.6 is 0 Å². The highest BCUT2D eigenvalue weighted by Gasteiger charge is 2.70. The molecule has 0 bridgehead atoms. The van der Waals surface area contributed by atoms with Gasteiger partial charge < -0.3 is 20.1 Å². The number of aldehydes is 1. The predicted octanol–water partition coefficient (Wildman–Crippen LogP) is 5.46. The van der Waals surface area contributed by atoms with Crippen LogP contribution in [0.2, 0.25) is 0 Å². The molecule has 0 aromatic carbocycles. The van der Waals surface area contributed by atoms with Crippen LogP contribution in [0.1, 0.15) is 93.4 Å². The van der Waals surface area contributed by atoms with Gasteiger partial charge in [-0.1, -0.05) is 57.9 Å². The Morgan fingerprint density at radius 3 is 2.35 bits per heavy atom. The first-order valence-electron chi connectivity index (χ1n) is 13.6. The van der Waals surface area contributed by atoms with Crippen LogP contribution < -0.4 is 0 Å². The number of hydrogen-bond donors (Lipinski definition) is 3. The normalized spacial score (nSPS) is 46.9. The zero-order valence-electron chi connectivity index (χ0n) is 22.5. The minimum Gasteiger partial charge on any atom is -0.392 e. The van der Waals surface area contributed by atoms with Crippen LogP contribution in [0.15, 0.2) is 23.3 Å². The van der Waals surface area contributed by atoms with Gasteiger partial charge in [-0.05, 0) is 87.4 Å². The maximum Gasteiger partial charge on any atom is 0.127 e. The lowest BCUT2D eigenvalue weighted by molar-refractivity contribution is -0.183. The van der Waals surface area contributed by atoms with E-state index >= 15 is 0 Å². The molecule has 3 N–H and O–H groups in total. The summed E-state index contributed by atoms with van der Waals surface area (Å²) in [5.74, 6) is 0.839. The van der Waals surface area contributed by atoms with Crippen molar-refractivity contribution in [3.63, 3.8) is 0 Å². The lowest BCUT2D eigenvalue weighted by Gasteiger charge is -2.66. The van der Waals surface area contributed by atoms with Gasteiger partial charge >= 0.3 is 0 Å². The van der Waals surface area contributed by atoms with Crippen LogP contribution in [0.5, 0.6) is 0 Å². The molecule has 0 aliphatic heterocycles. The first-order chi connectivity index (χ1) is 15.7. The van der Waals surface area contributed by atoms with Gasteiger partial charge in [0.2, 0.25) is 0 Å². The Morgan fingerprint density at radius 2 is 1.74 bits per heavy atom. The molecule has 0 saturated heterocycles. The Hall–Kier alpha value is -0.970. The van der Waals surface area contributed by atoms with Gasteiger partial charge in [-0.25, -0.2) is 0 Å². The zero-order chi connectivity index (χ0) is 25.3. The molecule has 34 heavy (non-hydrogen) atoms. The minimum absolute atomic E-state index is 0.0182. The molecule has 4 aliphatic carbocycles. The van der Waals surface area contributed by atoms with Crippen LogP contribution in [0, 0.1) is 45.3 Å². The van der Waals surface area contributed by atoms with E-state index in [1.54, 1.807) is 0 Å². The van der Waals surface area contributed by atoms with Gasteiger partial charge in [0.25, 0.3) is 0 Å². The van der Waals surface area contributed by atoms with Gasteiger partial charge in [0, 0.05) is 16.7 Å². The molecule has 0 unspecified atom stereocenters. The van der Waals surface area contributed by atoms with Crippen molar-refractivity contribution in [1.29, 1.82) is 0 Å². The van der Waals surface area contributed by atoms with Gasteiger partial charge in [0.05, 0.1) is 18.3 Å². The second kappa shape index (κ2) is 8.56. The molecule has 3 fully saturated rings. The number of carbonyl (C=O) groups excluding carboxylic acids is 1. The van der Waals surface area contributed by atoms with Crippen LogP contribution in [0.3, 0.4) is 0 Å². The average molecular weight is 473 g/mol. The van der Waals surface area contributed by atoms with E-state index in [2.05, 4.69) is 34.6 Å². The predicted molar refractivity (Wildman–Crippen MR) is 136 cm³/mol. The molecule has 0 aromatic rings. The van der Waals surface area contributed by atoms with Crippen molar-refractivity contribution in [1.82, 2.24) is 0 Å². The molecule has 0 heterocycles. The summed E-state index contributed by atoms with van der Waals surface area (Å²) in [7, 11) is 0. The highest BCUT2D eigenvalue weighted by Crippen LogP contribution is 2.74. The molecule has 4 nitrogen and oxygen atoms in total. The van der Waals surface area contributed by atoms with Gasteiger partial charge in [0.1, 0.15) is 6.29 Å². The van der Waals surface area contributed by atoms with Crippen molar-refractivity contribution < 1.29 is 20.1 Å². The zero-order valence-corrected chi connectivity index (χ0v) is 22.5. The lowest BCUT2D eigenvalue weighted by Crippen LogP contribution is -2.64. The maximum atomic E-state index is 13.1. The summed E-state index contributed by atoms with van der Waals surface area (Å²) < 4.78 is 0. The molecule has 0 spiro atoms. The largest absolute Gasteiger partial charge is 0.392 e. The molecular weight excluding hydrogens is 424 g/mol. The summed E-state index contributed by atoms with van der Waals surface area (Å²) in [6.45, 7) is 15.2. The van der Waals surface area contributed by atoms with Gasteiger partial charge in [-0.3, -0.25) is 0 Å². The quantitative estimate of drug-likeness (QED) is 0.367. The molecule has 4 aliphatic rings. The Morgan fingerprint density at radius 1 is 1.06 bits per heavy atom. The summed E-state index contributed by atoms with van der Waals surface area (Å²) in [6.07, 6.45) is 9.84. The van der Waals surface area contributed by atoms with Crippen LogP contribution in [0.4, 0.5) is 0 Å². The third kappa shape index (κ3) is 3.53. The topological polar surface area (TPSA) is 77.8 Å². The number of rotatable bonds is 5. The van der Waals surface area contributed by atoms with E-state index in [4.69, 9.17) is 0 Å². The molecule has 0 radical (unpaired) electrons.